The number of anilines is 1. The summed E-state index contributed by atoms with van der Waals surface area (Å²) in [6.07, 6.45) is 2.62. The van der Waals surface area contributed by atoms with Crippen LogP contribution in [0.4, 0.5) is 11.4 Å². The van der Waals surface area contributed by atoms with Gasteiger partial charge in [0.1, 0.15) is 5.69 Å². The van der Waals surface area contributed by atoms with E-state index in [1.165, 1.54) is 18.2 Å². The molecule has 0 radical (unpaired) electrons. The van der Waals surface area contributed by atoms with E-state index in [2.05, 4.69) is 5.32 Å². The average Bonchev–Trinajstić information content (AvgIpc) is 2.58. The quantitative estimate of drug-likeness (QED) is 0.344. The molecule has 2 rings (SSSR count). The minimum Gasteiger partial charge on any atom is -0.452 e. The van der Waals surface area contributed by atoms with Gasteiger partial charge in [-0.3, -0.25) is 14.9 Å². The zero-order valence-corrected chi connectivity index (χ0v) is 14.7. The lowest BCUT2D eigenvalue weighted by Crippen LogP contribution is -2.20. The Kier molecular flexibility index (Phi) is 6.71. The summed E-state index contributed by atoms with van der Waals surface area (Å²) in [4.78, 5) is 33.7. The van der Waals surface area contributed by atoms with Crippen LogP contribution in [0.15, 0.2) is 48.5 Å². The third kappa shape index (κ3) is 5.87. The molecule has 9 heteroatoms. The third-order valence-electron chi connectivity index (χ3n) is 3.04. The highest BCUT2D eigenvalue weighted by Crippen LogP contribution is 2.27. The number of amides is 1. The van der Waals surface area contributed by atoms with Crippen molar-refractivity contribution in [2.45, 2.75) is 0 Å². The maximum Gasteiger partial charge on any atom is 0.331 e. The Morgan fingerprint density at radius 3 is 2.58 bits per heavy atom. The topological polar surface area (TPSA) is 98.5 Å². The summed E-state index contributed by atoms with van der Waals surface area (Å²) in [5, 5.41) is 13.9. The number of ether oxygens (including phenoxy) is 1. The molecule has 0 aliphatic carbocycles. The summed E-state index contributed by atoms with van der Waals surface area (Å²) in [7, 11) is 0. The highest BCUT2D eigenvalue weighted by Gasteiger charge is 2.16. The van der Waals surface area contributed by atoms with Gasteiger partial charge in [-0.2, -0.15) is 0 Å². The lowest BCUT2D eigenvalue weighted by Gasteiger charge is -2.06. The second-order valence-electron chi connectivity index (χ2n) is 4.96. The van der Waals surface area contributed by atoms with Gasteiger partial charge in [-0.05, 0) is 35.9 Å². The van der Waals surface area contributed by atoms with Crippen molar-refractivity contribution in [2.24, 2.45) is 0 Å². The number of carbonyl (C=O) groups is 2. The number of hydrogen-bond donors (Lipinski definition) is 1. The van der Waals surface area contributed by atoms with Crippen LogP contribution in [0.25, 0.3) is 6.08 Å². The summed E-state index contributed by atoms with van der Waals surface area (Å²) >= 11 is 11.6. The van der Waals surface area contributed by atoms with E-state index >= 15 is 0 Å². The molecule has 0 unspecified atom stereocenters. The Labute approximate surface area is 158 Å². The van der Waals surface area contributed by atoms with Crippen molar-refractivity contribution in [2.75, 3.05) is 11.9 Å². The van der Waals surface area contributed by atoms with E-state index in [-0.39, 0.29) is 16.4 Å². The van der Waals surface area contributed by atoms with Gasteiger partial charge in [0.2, 0.25) is 0 Å². The number of nitro groups is 1. The summed E-state index contributed by atoms with van der Waals surface area (Å²) < 4.78 is 4.78. The van der Waals surface area contributed by atoms with Crippen LogP contribution in [0.3, 0.4) is 0 Å². The van der Waals surface area contributed by atoms with Crippen molar-refractivity contribution in [1.29, 1.82) is 0 Å². The normalized spacial score (nSPS) is 10.5. The zero-order valence-electron chi connectivity index (χ0n) is 13.1. The van der Waals surface area contributed by atoms with Gasteiger partial charge in [0.05, 0.1) is 4.92 Å². The highest BCUT2D eigenvalue weighted by molar-refractivity contribution is 6.31. The van der Waals surface area contributed by atoms with Crippen molar-refractivity contribution >= 4 is 52.5 Å². The maximum absolute atomic E-state index is 11.8. The summed E-state index contributed by atoms with van der Waals surface area (Å²) in [5.41, 5.74) is 0.279. The summed E-state index contributed by atoms with van der Waals surface area (Å²) in [6, 6.07) is 10.5. The average molecular weight is 395 g/mol. The molecule has 0 bridgehead atoms. The fraction of sp³-hybridized carbons (Fsp3) is 0.0588. The predicted octanol–water partition coefficient (Wildman–Crippen LogP) is 4.10. The van der Waals surface area contributed by atoms with Crippen LogP contribution in [-0.2, 0) is 14.3 Å². The molecule has 1 N–H and O–H groups in total. The largest absolute Gasteiger partial charge is 0.452 e. The lowest BCUT2D eigenvalue weighted by molar-refractivity contribution is -0.383. The number of hydrogen-bond acceptors (Lipinski definition) is 5. The molecule has 0 spiro atoms. The number of esters is 1. The Balaban J connectivity index is 1.92. The molecule has 2 aromatic rings. The van der Waals surface area contributed by atoms with Crippen LogP contribution < -0.4 is 5.32 Å². The fourth-order valence-corrected chi connectivity index (χ4v) is 2.28. The number of benzene rings is 2. The predicted molar refractivity (Wildman–Crippen MR) is 98.2 cm³/mol. The SMILES string of the molecule is O=C(COC(=O)/C=C/c1cccc(Cl)c1)Nc1cc(Cl)ccc1[N+](=O)[O-]. The van der Waals surface area contributed by atoms with Crippen LogP contribution in [0.1, 0.15) is 5.56 Å². The lowest BCUT2D eigenvalue weighted by atomic mass is 10.2. The van der Waals surface area contributed by atoms with Crippen LogP contribution >= 0.6 is 23.2 Å². The van der Waals surface area contributed by atoms with Gasteiger partial charge in [0.25, 0.3) is 11.6 Å². The molecular weight excluding hydrogens is 383 g/mol. The second-order valence-corrected chi connectivity index (χ2v) is 5.84. The Bertz CT molecular complexity index is 883. The van der Waals surface area contributed by atoms with Gasteiger partial charge in [-0.1, -0.05) is 35.3 Å². The molecule has 0 fully saturated rings. The molecule has 0 aliphatic rings. The van der Waals surface area contributed by atoms with Crippen molar-refractivity contribution in [3.05, 3.63) is 74.3 Å². The van der Waals surface area contributed by atoms with Gasteiger partial charge in [0.15, 0.2) is 6.61 Å². The van der Waals surface area contributed by atoms with Crippen molar-refractivity contribution in [3.63, 3.8) is 0 Å². The van der Waals surface area contributed by atoms with Crippen LogP contribution in [0, 0.1) is 10.1 Å². The summed E-state index contributed by atoms with van der Waals surface area (Å²) in [5.74, 6) is -1.49. The van der Waals surface area contributed by atoms with E-state index in [0.29, 0.717) is 10.6 Å². The molecule has 26 heavy (non-hydrogen) atoms. The number of halogens is 2. The standard InChI is InChI=1S/C17H12Cl2N2O5/c18-12-3-1-2-11(8-12)4-7-17(23)26-10-16(22)20-14-9-13(19)5-6-15(14)21(24)25/h1-9H,10H2,(H,20,22)/b7-4+. The molecule has 0 heterocycles. The first-order chi connectivity index (χ1) is 12.3. The zero-order chi connectivity index (χ0) is 19.1. The summed E-state index contributed by atoms with van der Waals surface area (Å²) in [6.45, 7) is -0.609. The van der Waals surface area contributed by atoms with Gasteiger partial charge < -0.3 is 10.1 Å². The first-order valence-corrected chi connectivity index (χ1v) is 7.95. The third-order valence-corrected chi connectivity index (χ3v) is 3.51. The maximum atomic E-state index is 11.8. The fourth-order valence-electron chi connectivity index (χ4n) is 1.91. The van der Waals surface area contributed by atoms with Crippen LogP contribution in [0.2, 0.25) is 10.0 Å². The molecule has 2 aromatic carbocycles. The Hall–Kier alpha value is -2.90. The van der Waals surface area contributed by atoms with Gasteiger partial charge >= 0.3 is 5.97 Å². The molecule has 0 saturated heterocycles. The van der Waals surface area contributed by atoms with E-state index in [1.54, 1.807) is 24.3 Å². The molecule has 7 nitrogen and oxygen atoms in total. The van der Waals surface area contributed by atoms with E-state index in [0.717, 1.165) is 12.1 Å². The van der Waals surface area contributed by atoms with Crippen molar-refractivity contribution in [1.82, 2.24) is 0 Å². The molecule has 0 saturated carbocycles. The van der Waals surface area contributed by atoms with Crippen molar-refractivity contribution < 1.29 is 19.2 Å². The molecule has 134 valence electrons. The van der Waals surface area contributed by atoms with Gasteiger partial charge in [0, 0.05) is 22.2 Å². The first-order valence-electron chi connectivity index (χ1n) is 7.19. The number of nitrogens with zero attached hydrogens (tertiary/aromatic N) is 1. The van der Waals surface area contributed by atoms with E-state index in [9.17, 15) is 19.7 Å². The van der Waals surface area contributed by atoms with Crippen LogP contribution in [0.5, 0.6) is 0 Å². The van der Waals surface area contributed by atoms with Gasteiger partial charge in [-0.15, -0.1) is 0 Å². The van der Waals surface area contributed by atoms with E-state index in [1.807, 2.05) is 0 Å². The second kappa shape index (κ2) is 8.98. The molecule has 0 atom stereocenters. The monoisotopic (exact) mass is 394 g/mol. The molecular formula is C17H12Cl2N2O5. The minimum absolute atomic E-state index is 0.0852. The minimum atomic E-state index is -0.749. The Morgan fingerprint density at radius 2 is 1.88 bits per heavy atom. The van der Waals surface area contributed by atoms with Crippen LogP contribution in [-0.4, -0.2) is 23.4 Å². The highest BCUT2D eigenvalue weighted by atomic mass is 35.5. The molecule has 1 amide bonds. The van der Waals surface area contributed by atoms with E-state index < -0.39 is 23.4 Å². The molecule has 0 aliphatic heterocycles. The first kappa shape index (κ1) is 19.4. The van der Waals surface area contributed by atoms with Crippen molar-refractivity contribution in [3.8, 4) is 0 Å². The number of nitrogens with one attached hydrogen (secondary N) is 1. The molecule has 0 aromatic heterocycles. The number of carbonyl (C=O) groups excluding carboxylic acids is 2. The Morgan fingerprint density at radius 1 is 1.15 bits per heavy atom. The number of rotatable bonds is 6. The number of nitro benzene ring substituents is 1. The van der Waals surface area contributed by atoms with Gasteiger partial charge in [-0.25, -0.2) is 4.79 Å². The smallest absolute Gasteiger partial charge is 0.331 e. The van der Waals surface area contributed by atoms with E-state index in [4.69, 9.17) is 27.9 Å².